The van der Waals surface area contributed by atoms with Crippen LogP contribution in [0, 0.1) is 11.6 Å². The van der Waals surface area contributed by atoms with Gasteiger partial charge in [-0.3, -0.25) is 24.7 Å². The summed E-state index contributed by atoms with van der Waals surface area (Å²) in [6.45, 7) is 9.01. The first kappa shape index (κ1) is 70.8. The van der Waals surface area contributed by atoms with Gasteiger partial charge in [-0.2, -0.15) is 0 Å². The van der Waals surface area contributed by atoms with E-state index in [9.17, 15) is 43.0 Å². The maximum Gasteiger partial charge on any atom is 0.338 e. The standard InChI is InChI=1S/C38H38ClFN6O4S.C35H29Cl2FN6O6S/c1-38(2,49)26-10-8-25(9-11-26)24-6-4-23(5-7-24)19-45-21-28-20-44(15-16-46(28)37(45)48)22-31-32(36(47)50-3)33(29-13-12-27(40)18-30(29)39)43-34(42-31)35-41-14-17-51-35;1-49-34(47)29-28(40-31(32-39-10-13-51-32)41-30(29)24-8-2-19(38)14-26(24)36)18-42-11-12-43-21(16-42)17-44(35(43)48)20-3-5-22(6-4-20)50-23-7-9-25(33(45)46)27(37)15-23/h4-14,17-18,28,33,49H,15-16,19-22H2,1-3H3,(H,42,43);2-10,13-15,21,30H,11-12,16-18H2,1H3,(H,40,41)(H,45,46)/t28-,33-;21-,30-/m00/s1. The quantitative estimate of drug-likeness (QED) is 0.0583. The number of halogens is 5. The molecule has 22 nitrogen and oxygen atoms in total. The van der Waals surface area contributed by atoms with Gasteiger partial charge in [-0.05, 0) is 96.8 Å². The van der Waals surface area contributed by atoms with Crippen molar-refractivity contribution in [2.75, 3.05) is 84.6 Å². The van der Waals surface area contributed by atoms with Gasteiger partial charge in [0.25, 0.3) is 0 Å². The van der Waals surface area contributed by atoms with Crippen LogP contribution in [0.25, 0.3) is 11.1 Å². The number of ether oxygens (including phenoxy) is 3. The summed E-state index contributed by atoms with van der Waals surface area (Å²) in [6.07, 6.45) is 3.33. The van der Waals surface area contributed by atoms with Crippen LogP contribution in [-0.4, -0.2) is 178 Å². The van der Waals surface area contributed by atoms with Crippen LogP contribution in [0.15, 0.2) is 183 Å². The number of nitrogens with one attached hydrogen (secondary N) is 2. The van der Waals surface area contributed by atoms with E-state index in [4.69, 9.17) is 59.0 Å². The number of aliphatic hydroxyl groups is 1. The molecule has 0 aliphatic carbocycles. The van der Waals surface area contributed by atoms with Crippen LogP contribution in [0.5, 0.6) is 11.5 Å². The molecule has 2 aromatic heterocycles. The molecule has 526 valence electrons. The van der Waals surface area contributed by atoms with Crippen molar-refractivity contribution in [2.24, 2.45) is 9.98 Å². The summed E-state index contributed by atoms with van der Waals surface area (Å²) >= 11 is 21.9. The van der Waals surface area contributed by atoms with Crippen molar-refractivity contribution >= 4 is 105 Å². The number of carboxylic acids is 1. The molecule has 4 atom stereocenters. The third-order valence-electron chi connectivity index (χ3n) is 18.4. The third-order valence-corrected chi connectivity index (χ3v) is 20.9. The zero-order valence-electron chi connectivity index (χ0n) is 55.4. The van der Waals surface area contributed by atoms with Gasteiger partial charge in [0, 0.05) is 139 Å². The van der Waals surface area contributed by atoms with Crippen molar-refractivity contribution < 1.29 is 57.2 Å². The van der Waals surface area contributed by atoms with Crippen LogP contribution >= 0.6 is 57.5 Å². The lowest BCUT2D eigenvalue weighted by Gasteiger charge is -2.38. The molecule has 6 aliphatic heterocycles. The van der Waals surface area contributed by atoms with Gasteiger partial charge in [0.05, 0.1) is 53.6 Å². The molecule has 6 aliphatic rings. The van der Waals surface area contributed by atoms with Gasteiger partial charge in [-0.1, -0.05) is 95.5 Å². The number of thiazole rings is 2. The molecule has 4 saturated heterocycles. The van der Waals surface area contributed by atoms with Crippen molar-refractivity contribution in [2.45, 2.75) is 50.2 Å². The van der Waals surface area contributed by atoms with E-state index in [1.54, 1.807) is 55.4 Å². The lowest BCUT2D eigenvalue weighted by atomic mass is 9.95. The number of carbonyl (C=O) groups excluding carboxylic acids is 4. The summed E-state index contributed by atoms with van der Waals surface area (Å²) in [6, 6.07) is 33.5. The van der Waals surface area contributed by atoms with Crippen LogP contribution in [0.3, 0.4) is 0 Å². The van der Waals surface area contributed by atoms with Crippen LogP contribution in [0.1, 0.15) is 68.6 Å². The number of methoxy groups -OCH3 is 2. The number of benzene rings is 6. The monoisotopic (exact) mass is 1480 g/mol. The molecule has 0 unspecified atom stereocenters. The summed E-state index contributed by atoms with van der Waals surface area (Å²) in [7, 11) is 2.61. The topological polar surface area (TPSA) is 248 Å². The number of hydrogen-bond donors (Lipinski definition) is 4. The second-order valence-corrected chi connectivity index (χ2v) is 28.4. The van der Waals surface area contributed by atoms with E-state index in [2.05, 4.69) is 54.7 Å². The van der Waals surface area contributed by atoms with Gasteiger partial charge in [-0.25, -0.2) is 42.7 Å². The largest absolute Gasteiger partial charge is 0.478 e. The van der Waals surface area contributed by atoms with Crippen LogP contribution < -0.4 is 20.3 Å². The molecule has 0 bridgehead atoms. The number of esters is 2. The van der Waals surface area contributed by atoms with Crippen molar-refractivity contribution in [3.63, 3.8) is 0 Å². The van der Waals surface area contributed by atoms with Gasteiger partial charge < -0.3 is 49.8 Å². The molecule has 14 rings (SSSR count). The van der Waals surface area contributed by atoms with Crippen molar-refractivity contribution in [3.8, 4) is 22.6 Å². The number of carboxylic acid groups (broad SMARTS) is 1. The van der Waals surface area contributed by atoms with E-state index in [1.807, 2.05) is 49.7 Å². The Morgan fingerprint density at radius 2 is 1.10 bits per heavy atom. The molecule has 0 spiro atoms. The predicted molar refractivity (Wildman–Crippen MR) is 384 cm³/mol. The SMILES string of the molecule is COC(=O)C1=C(CN2CCN3C(=O)N(Cc4ccc(-c5ccc(C(C)(C)O)cc5)cc4)C[C@@H]3C2)NC(c2nccs2)=N[C@H]1c1ccc(F)cc1Cl.COC(=O)C1=C(CN2CCN3C(=O)N(c4ccc(Oc5ccc(C(=O)O)c(Cl)c5)cc4)C[C@@H]3C2)NC(c2nccs2)=N[C@H]1c1ccc(F)cc1Cl. The highest BCUT2D eigenvalue weighted by atomic mass is 35.5. The highest BCUT2D eigenvalue weighted by Crippen LogP contribution is 2.41. The number of hydrogen-bond acceptors (Lipinski definition) is 19. The molecule has 6 aromatic carbocycles. The normalized spacial score (nSPS) is 19.3. The fourth-order valence-electron chi connectivity index (χ4n) is 13.3. The molecule has 4 amide bonds. The summed E-state index contributed by atoms with van der Waals surface area (Å²) in [5.41, 5.74) is 6.40. The molecule has 8 aromatic rings. The highest BCUT2D eigenvalue weighted by Gasteiger charge is 2.45. The summed E-state index contributed by atoms with van der Waals surface area (Å²) in [5.74, 6) is -1.50. The van der Waals surface area contributed by atoms with Gasteiger partial charge in [0.2, 0.25) is 0 Å². The lowest BCUT2D eigenvalue weighted by molar-refractivity contribution is -0.137. The Bertz CT molecular complexity index is 4660. The second kappa shape index (κ2) is 30.1. The summed E-state index contributed by atoms with van der Waals surface area (Å²) in [4.78, 5) is 95.2. The van der Waals surface area contributed by atoms with Gasteiger partial charge in [0.15, 0.2) is 21.7 Å². The first-order valence-corrected chi connectivity index (χ1v) is 35.3. The minimum atomic E-state index is -1.13. The Balaban J connectivity index is 0.000000182. The second-order valence-electron chi connectivity index (χ2n) is 25.4. The molecule has 4 N–H and O–H groups in total. The third kappa shape index (κ3) is 15.3. The van der Waals surface area contributed by atoms with E-state index in [0.29, 0.717) is 133 Å². The molecule has 8 heterocycles. The lowest BCUT2D eigenvalue weighted by Crippen LogP contribution is -2.53. The van der Waals surface area contributed by atoms with E-state index in [1.165, 1.54) is 91.5 Å². The molecular weight excluding hydrogens is 1410 g/mol. The Kier molecular flexibility index (Phi) is 20.9. The zero-order valence-corrected chi connectivity index (χ0v) is 59.3. The predicted octanol–water partition coefficient (Wildman–Crippen LogP) is 12.2. The molecule has 102 heavy (non-hydrogen) atoms. The highest BCUT2D eigenvalue weighted by molar-refractivity contribution is 7.12. The first-order chi connectivity index (χ1) is 49.1. The number of piperazine rings is 2. The smallest absolute Gasteiger partial charge is 0.338 e. The number of rotatable bonds is 18. The summed E-state index contributed by atoms with van der Waals surface area (Å²) in [5, 5.41) is 31.4. The minimum absolute atomic E-state index is 0.0143. The van der Waals surface area contributed by atoms with Gasteiger partial charge in [0.1, 0.15) is 35.2 Å². The fraction of sp³-hybridized carbons (Fsp3) is 0.274. The van der Waals surface area contributed by atoms with E-state index in [0.717, 1.165) is 22.3 Å². The molecular formula is C73H67Cl3F2N12O10S2. The van der Waals surface area contributed by atoms with E-state index >= 15 is 0 Å². The molecule has 0 radical (unpaired) electrons. The number of aliphatic imine (C=N–C) groups is 2. The average Bonchev–Trinajstić information content (AvgIpc) is 1.16. The fourth-order valence-corrected chi connectivity index (χ4v) is 15.3. The van der Waals surface area contributed by atoms with Crippen LogP contribution in [-0.2, 0) is 31.2 Å². The number of aromatic carboxylic acids is 1. The minimum Gasteiger partial charge on any atom is -0.478 e. The number of fused-ring (bicyclic) bond motifs is 2. The van der Waals surface area contributed by atoms with Crippen molar-refractivity contribution in [3.05, 3.63) is 238 Å². The van der Waals surface area contributed by atoms with Crippen molar-refractivity contribution in [1.29, 1.82) is 0 Å². The number of urea groups is 2. The number of carbonyl (C=O) groups is 5. The van der Waals surface area contributed by atoms with Crippen LogP contribution in [0.2, 0.25) is 15.1 Å². The Hall–Kier alpha value is -9.64. The van der Waals surface area contributed by atoms with E-state index in [-0.39, 0.29) is 55.9 Å². The summed E-state index contributed by atoms with van der Waals surface area (Å²) < 4.78 is 44.4. The van der Waals surface area contributed by atoms with Crippen LogP contribution in [0.4, 0.5) is 24.1 Å². The number of amides is 4. The molecule has 4 fully saturated rings. The Morgan fingerprint density at radius 3 is 1.57 bits per heavy atom. The van der Waals surface area contributed by atoms with Crippen molar-refractivity contribution in [1.82, 2.24) is 45.1 Å². The number of aromatic nitrogens is 2. The maximum absolute atomic E-state index is 14.0. The first-order valence-electron chi connectivity index (χ1n) is 32.4. The number of amidine groups is 2. The number of nitrogens with zero attached hydrogens (tertiary/aromatic N) is 10. The average molecular weight is 1480 g/mol. The molecule has 0 saturated carbocycles. The Labute approximate surface area is 608 Å². The number of anilines is 1. The van der Waals surface area contributed by atoms with E-state index < -0.39 is 47.2 Å². The maximum atomic E-state index is 14.0. The molecule has 29 heteroatoms. The van der Waals surface area contributed by atoms with Gasteiger partial charge >= 0.3 is 30.0 Å². The zero-order chi connectivity index (χ0) is 71.7. The Morgan fingerprint density at radius 1 is 0.598 bits per heavy atom. The van der Waals surface area contributed by atoms with Gasteiger partial charge in [-0.15, -0.1) is 22.7 Å².